The molecule has 0 amide bonds. The third-order valence-corrected chi connectivity index (χ3v) is 10.8. The van der Waals surface area contributed by atoms with Crippen LogP contribution in [0.5, 0.6) is 5.75 Å². The molecule has 1 aliphatic carbocycles. The number of ether oxygens (including phenoxy) is 1. The molecular formula is C48H30O2. The van der Waals surface area contributed by atoms with Crippen LogP contribution in [0.4, 0.5) is 0 Å². The molecule has 0 fully saturated rings. The van der Waals surface area contributed by atoms with E-state index in [4.69, 9.17) is 9.15 Å². The van der Waals surface area contributed by atoms with Gasteiger partial charge >= 0.3 is 0 Å². The van der Waals surface area contributed by atoms with Crippen LogP contribution in [-0.2, 0) is 0 Å². The molecule has 0 saturated carbocycles. The Bertz CT molecular complexity index is 2860. The number of rotatable bonds is 3. The van der Waals surface area contributed by atoms with Crippen LogP contribution in [0.3, 0.4) is 0 Å². The molecule has 1 aromatic heterocycles. The Hall–Kier alpha value is -6.38. The van der Waals surface area contributed by atoms with Crippen molar-refractivity contribution in [2.45, 2.75) is 12.0 Å². The minimum absolute atomic E-state index is 0.0652. The van der Waals surface area contributed by atoms with Gasteiger partial charge in [-0.1, -0.05) is 140 Å². The summed E-state index contributed by atoms with van der Waals surface area (Å²) in [7, 11) is 0. The first-order chi connectivity index (χ1) is 24.8. The van der Waals surface area contributed by atoms with Gasteiger partial charge < -0.3 is 9.15 Å². The molecule has 0 radical (unpaired) electrons. The van der Waals surface area contributed by atoms with Crippen LogP contribution in [-0.4, -0.2) is 6.10 Å². The highest BCUT2D eigenvalue weighted by Gasteiger charge is 2.37. The Morgan fingerprint density at radius 3 is 1.88 bits per heavy atom. The van der Waals surface area contributed by atoms with Gasteiger partial charge in [0.1, 0.15) is 23.0 Å². The SMILES string of the molecule is C1=CC2Oc3c(-c4cccc5oc6ccccc6c45)ccc(-c4c5ccccc5c(-c5ccc6ccccc6c5)c5ccccc45)c3C2C=C1. The first-order valence-electron chi connectivity index (χ1n) is 17.3. The maximum atomic E-state index is 6.99. The van der Waals surface area contributed by atoms with Crippen molar-refractivity contribution in [3.63, 3.8) is 0 Å². The van der Waals surface area contributed by atoms with Gasteiger partial charge in [-0.2, -0.15) is 0 Å². The number of furan rings is 1. The molecule has 2 nitrogen and oxygen atoms in total. The predicted molar refractivity (Wildman–Crippen MR) is 208 cm³/mol. The molecule has 2 heteroatoms. The average molecular weight is 639 g/mol. The molecule has 0 saturated heterocycles. The van der Waals surface area contributed by atoms with E-state index < -0.39 is 0 Å². The molecule has 50 heavy (non-hydrogen) atoms. The smallest absolute Gasteiger partial charge is 0.136 e. The highest BCUT2D eigenvalue weighted by atomic mass is 16.5. The van der Waals surface area contributed by atoms with E-state index in [0.717, 1.165) is 38.8 Å². The number of fused-ring (bicyclic) bond motifs is 9. The van der Waals surface area contributed by atoms with E-state index in [1.165, 1.54) is 60.1 Å². The summed E-state index contributed by atoms with van der Waals surface area (Å²) >= 11 is 0. The molecule has 2 atom stereocenters. The molecule has 2 aliphatic rings. The molecule has 2 heterocycles. The van der Waals surface area contributed by atoms with Crippen LogP contribution in [0.1, 0.15) is 11.5 Å². The van der Waals surface area contributed by atoms with Gasteiger partial charge in [-0.25, -0.2) is 0 Å². The molecule has 9 aromatic rings. The van der Waals surface area contributed by atoms with Crippen molar-refractivity contribution in [3.05, 3.63) is 175 Å². The number of para-hydroxylation sites is 1. The number of hydrogen-bond donors (Lipinski definition) is 0. The molecule has 234 valence electrons. The van der Waals surface area contributed by atoms with Crippen molar-refractivity contribution >= 4 is 54.3 Å². The lowest BCUT2D eigenvalue weighted by Gasteiger charge is -2.21. The summed E-state index contributed by atoms with van der Waals surface area (Å²) in [5, 5.41) is 9.72. The molecule has 8 aromatic carbocycles. The third-order valence-electron chi connectivity index (χ3n) is 10.8. The maximum Gasteiger partial charge on any atom is 0.136 e. The van der Waals surface area contributed by atoms with Crippen LogP contribution in [0.2, 0.25) is 0 Å². The maximum absolute atomic E-state index is 6.99. The highest BCUT2D eigenvalue weighted by Crippen LogP contribution is 2.55. The zero-order valence-corrected chi connectivity index (χ0v) is 27.1. The normalized spacial score (nSPS) is 16.4. The Morgan fingerprint density at radius 2 is 1.08 bits per heavy atom. The van der Waals surface area contributed by atoms with Crippen molar-refractivity contribution in [2.75, 3.05) is 0 Å². The summed E-state index contributed by atoms with van der Waals surface area (Å²) in [6.07, 6.45) is 8.72. The van der Waals surface area contributed by atoms with Gasteiger partial charge in [0.25, 0.3) is 0 Å². The van der Waals surface area contributed by atoms with Gasteiger partial charge in [-0.3, -0.25) is 0 Å². The Labute approximate surface area is 289 Å². The van der Waals surface area contributed by atoms with E-state index in [1.807, 2.05) is 12.1 Å². The van der Waals surface area contributed by atoms with Gasteiger partial charge in [0.2, 0.25) is 0 Å². The van der Waals surface area contributed by atoms with Gasteiger partial charge in [0.05, 0.1) is 0 Å². The van der Waals surface area contributed by atoms with Gasteiger partial charge in [-0.15, -0.1) is 0 Å². The number of benzene rings is 8. The second-order valence-corrected chi connectivity index (χ2v) is 13.5. The largest absolute Gasteiger partial charge is 0.484 e. The van der Waals surface area contributed by atoms with E-state index in [0.29, 0.717) is 0 Å². The van der Waals surface area contributed by atoms with E-state index in [-0.39, 0.29) is 12.0 Å². The first kappa shape index (κ1) is 27.6. The van der Waals surface area contributed by atoms with Gasteiger partial charge in [-0.05, 0) is 90.5 Å². The minimum Gasteiger partial charge on any atom is -0.484 e. The fourth-order valence-electron chi connectivity index (χ4n) is 8.66. The van der Waals surface area contributed by atoms with Crippen LogP contribution in [0.25, 0.3) is 87.6 Å². The molecule has 0 bridgehead atoms. The third kappa shape index (κ3) is 3.90. The van der Waals surface area contributed by atoms with Crippen LogP contribution in [0.15, 0.2) is 174 Å². The molecule has 1 aliphatic heterocycles. The fourth-order valence-corrected chi connectivity index (χ4v) is 8.66. The minimum atomic E-state index is -0.0652. The zero-order chi connectivity index (χ0) is 32.8. The fraction of sp³-hybridized carbons (Fsp3) is 0.0417. The molecular weight excluding hydrogens is 609 g/mol. The Kier molecular flexibility index (Phi) is 5.82. The van der Waals surface area contributed by atoms with E-state index in [2.05, 4.69) is 158 Å². The van der Waals surface area contributed by atoms with Crippen molar-refractivity contribution < 1.29 is 9.15 Å². The van der Waals surface area contributed by atoms with Crippen LogP contribution in [0, 0.1) is 0 Å². The topological polar surface area (TPSA) is 22.4 Å². The van der Waals surface area contributed by atoms with Gasteiger partial charge in [0.15, 0.2) is 0 Å². The number of allylic oxidation sites excluding steroid dienone is 2. The lowest BCUT2D eigenvalue weighted by Crippen LogP contribution is -2.15. The van der Waals surface area contributed by atoms with E-state index in [9.17, 15) is 0 Å². The Balaban J connectivity index is 1.22. The second kappa shape index (κ2) is 10.6. The summed E-state index contributed by atoms with van der Waals surface area (Å²) in [4.78, 5) is 0. The average Bonchev–Trinajstić information content (AvgIpc) is 3.76. The monoisotopic (exact) mass is 638 g/mol. The summed E-state index contributed by atoms with van der Waals surface area (Å²) in [5.74, 6) is 1.06. The van der Waals surface area contributed by atoms with Crippen molar-refractivity contribution in [2.24, 2.45) is 0 Å². The molecule has 11 rings (SSSR count). The predicted octanol–water partition coefficient (Wildman–Crippen LogP) is 13.0. The lowest BCUT2D eigenvalue weighted by atomic mass is 9.80. The van der Waals surface area contributed by atoms with E-state index in [1.54, 1.807) is 0 Å². The standard InChI is InChI=1S/C48H30O2/c1-2-13-30-28-31(25-24-29(30)12-1)44-32-14-3-5-16-34(32)45(35-17-6-4-15-33(35)44)40-27-26-37(48-47(40)39-19-8-10-22-42(39)50-48)36-20-11-23-43-46(36)38-18-7-9-21-41(38)49-43/h1-28,39,42H. The number of hydrogen-bond acceptors (Lipinski definition) is 2. The summed E-state index contributed by atoms with van der Waals surface area (Å²) in [6, 6.07) is 52.6. The van der Waals surface area contributed by atoms with Crippen molar-refractivity contribution in [1.82, 2.24) is 0 Å². The zero-order valence-electron chi connectivity index (χ0n) is 27.1. The molecule has 0 N–H and O–H groups in total. The van der Waals surface area contributed by atoms with Crippen molar-refractivity contribution in [1.29, 1.82) is 0 Å². The quantitative estimate of drug-likeness (QED) is 0.180. The lowest BCUT2D eigenvalue weighted by molar-refractivity contribution is 0.270. The summed E-state index contributed by atoms with van der Waals surface area (Å²) in [5.41, 5.74) is 10.2. The second-order valence-electron chi connectivity index (χ2n) is 13.5. The summed E-state index contributed by atoms with van der Waals surface area (Å²) in [6.45, 7) is 0. The van der Waals surface area contributed by atoms with Gasteiger partial charge in [0, 0.05) is 27.8 Å². The van der Waals surface area contributed by atoms with Crippen LogP contribution >= 0.6 is 0 Å². The van der Waals surface area contributed by atoms with Crippen LogP contribution < -0.4 is 4.74 Å². The molecule has 2 unspecified atom stereocenters. The highest BCUT2D eigenvalue weighted by molar-refractivity contribution is 6.22. The van der Waals surface area contributed by atoms with Crippen molar-refractivity contribution in [3.8, 4) is 39.1 Å². The molecule has 0 spiro atoms. The first-order valence-corrected chi connectivity index (χ1v) is 17.3. The summed E-state index contributed by atoms with van der Waals surface area (Å²) < 4.78 is 13.3. The Morgan fingerprint density at radius 1 is 0.440 bits per heavy atom. The van der Waals surface area contributed by atoms with E-state index >= 15 is 0 Å².